The number of aryl methyl sites for hydroxylation is 1. The summed E-state index contributed by atoms with van der Waals surface area (Å²) in [6, 6.07) is 8.57. The monoisotopic (exact) mass is 328 g/mol. The molecule has 24 heavy (non-hydrogen) atoms. The van der Waals surface area contributed by atoms with Gasteiger partial charge >= 0.3 is 0 Å². The number of carbonyl (C=O) groups excluding carboxylic acids is 1. The summed E-state index contributed by atoms with van der Waals surface area (Å²) in [5.74, 6) is 0.0726. The van der Waals surface area contributed by atoms with Crippen molar-refractivity contribution in [1.29, 1.82) is 0 Å². The molecule has 2 heterocycles. The van der Waals surface area contributed by atoms with Gasteiger partial charge in [0.2, 0.25) is 5.91 Å². The molecular weight excluding hydrogens is 300 g/mol. The summed E-state index contributed by atoms with van der Waals surface area (Å²) in [6.07, 6.45) is 3.45. The minimum atomic E-state index is 0.0726. The van der Waals surface area contributed by atoms with Crippen molar-refractivity contribution in [2.45, 2.75) is 26.2 Å². The zero-order valence-electron chi connectivity index (χ0n) is 14.5. The molecule has 3 N–H and O–H groups in total. The Morgan fingerprint density at radius 2 is 2.04 bits per heavy atom. The first-order valence-electron chi connectivity index (χ1n) is 8.99. The van der Waals surface area contributed by atoms with Crippen LogP contribution in [0.3, 0.4) is 0 Å². The number of amides is 1. The van der Waals surface area contributed by atoms with Crippen LogP contribution in [0, 0.1) is 6.92 Å². The molecule has 1 aromatic carbocycles. The summed E-state index contributed by atoms with van der Waals surface area (Å²) in [6.45, 7) is 7.51. The number of hydrogen-bond donors (Lipinski definition) is 3. The van der Waals surface area contributed by atoms with Crippen LogP contribution in [0.5, 0.6) is 0 Å². The number of rotatable bonds is 8. The molecule has 0 atom stereocenters. The molecular formula is C19H28N4O. The first-order chi connectivity index (χ1) is 11.7. The summed E-state index contributed by atoms with van der Waals surface area (Å²) in [4.78, 5) is 17.7. The van der Waals surface area contributed by atoms with E-state index in [0.717, 1.165) is 30.7 Å². The largest absolute Gasteiger partial charge is 0.358 e. The summed E-state index contributed by atoms with van der Waals surface area (Å²) in [7, 11) is 0. The maximum atomic E-state index is 11.8. The number of benzene rings is 1. The van der Waals surface area contributed by atoms with Gasteiger partial charge in [0.25, 0.3) is 0 Å². The van der Waals surface area contributed by atoms with Gasteiger partial charge in [0, 0.05) is 37.3 Å². The lowest BCUT2D eigenvalue weighted by atomic mass is 10.2. The highest BCUT2D eigenvalue weighted by atomic mass is 16.1. The average Bonchev–Trinajstić information content (AvgIpc) is 3.20. The second-order valence-electron chi connectivity index (χ2n) is 6.71. The van der Waals surface area contributed by atoms with Gasteiger partial charge in [0.1, 0.15) is 0 Å². The molecule has 1 fully saturated rings. The zero-order valence-corrected chi connectivity index (χ0v) is 14.5. The molecule has 0 bridgehead atoms. The van der Waals surface area contributed by atoms with Crippen LogP contribution in [0.1, 0.15) is 24.1 Å². The number of nitrogens with zero attached hydrogens (tertiary/aromatic N) is 1. The van der Waals surface area contributed by atoms with E-state index in [2.05, 4.69) is 51.7 Å². The van der Waals surface area contributed by atoms with Crippen LogP contribution in [0.4, 0.5) is 0 Å². The number of fused-ring (bicyclic) bond motifs is 1. The fraction of sp³-hybridized carbons (Fsp3) is 0.526. The number of aromatic amines is 1. The van der Waals surface area contributed by atoms with Crippen molar-refractivity contribution in [1.82, 2.24) is 20.5 Å². The van der Waals surface area contributed by atoms with Gasteiger partial charge in [-0.25, -0.2) is 0 Å². The lowest BCUT2D eigenvalue weighted by Crippen LogP contribution is -2.38. The van der Waals surface area contributed by atoms with Gasteiger partial charge in [0.15, 0.2) is 0 Å². The van der Waals surface area contributed by atoms with Crippen molar-refractivity contribution >= 4 is 16.8 Å². The SMILES string of the molecule is Cc1ccc2[nH]c(CCNC(=O)CNCCN3CCCC3)cc2c1. The fourth-order valence-corrected chi connectivity index (χ4v) is 3.29. The van der Waals surface area contributed by atoms with Crippen molar-refractivity contribution < 1.29 is 4.79 Å². The van der Waals surface area contributed by atoms with E-state index in [1.807, 2.05) is 0 Å². The normalized spacial score (nSPS) is 15.2. The van der Waals surface area contributed by atoms with Gasteiger partial charge in [-0.05, 0) is 56.4 Å². The Bertz CT molecular complexity index is 673. The minimum Gasteiger partial charge on any atom is -0.358 e. The molecule has 1 amide bonds. The Morgan fingerprint density at radius 1 is 1.21 bits per heavy atom. The molecule has 0 radical (unpaired) electrons. The van der Waals surface area contributed by atoms with Crippen LogP contribution in [0.2, 0.25) is 0 Å². The molecule has 1 aromatic heterocycles. The highest BCUT2D eigenvalue weighted by Crippen LogP contribution is 2.17. The molecule has 3 rings (SSSR count). The third-order valence-electron chi connectivity index (χ3n) is 4.64. The Hall–Kier alpha value is -1.85. The molecule has 5 heteroatoms. The predicted molar refractivity (Wildman–Crippen MR) is 98.3 cm³/mol. The van der Waals surface area contributed by atoms with Gasteiger partial charge in [-0.15, -0.1) is 0 Å². The quantitative estimate of drug-likeness (QED) is 0.648. The molecule has 1 aliphatic rings. The van der Waals surface area contributed by atoms with Gasteiger partial charge in [-0.1, -0.05) is 11.6 Å². The van der Waals surface area contributed by atoms with Crippen molar-refractivity contribution in [3.63, 3.8) is 0 Å². The average molecular weight is 328 g/mol. The predicted octanol–water partition coefficient (Wildman–Crippen LogP) is 1.82. The van der Waals surface area contributed by atoms with Crippen LogP contribution < -0.4 is 10.6 Å². The molecule has 5 nitrogen and oxygen atoms in total. The maximum absolute atomic E-state index is 11.8. The molecule has 1 aliphatic heterocycles. The topological polar surface area (TPSA) is 60.2 Å². The summed E-state index contributed by atoms with van der Waals surface area (Å²) in [5, 5.41) is 7.44. The van der Waals surface area contributed by atoms with E-state index in [1.54, 1.807) is 0 Å². The van der Waals surface area contributed by atoms with Crippen LogP contribution >= 0.6 is 0 Å². The number of H-pyrrole nitrogens is 1. The Labute approximate surface area is 143 Å². The Morgan fingerprint density at radius 3 is 2.88 bits per heavy atom. The minimum absolute atomic E-state index is 0.0726. The van der Waals surface area contributed by atoms with E-state index < -0.39 is 0 Å². The molecule has 0 unspecified atom stereocenters. The highest BCUT2D eigenvalue weighted by molar-refractivity contribution is 5.81. The standard InChI is InChI=1S/C19H28N4O/c1-15-4-5-18-16(12-15)13-17(22-18)6-7-21-19(24)14-20-8-11-23-9-2-3-10-23/h4-5,12-13,20,22H,2-3,6-11,14H2,1H3,(H,21,24). The first-order valence-corrected chi connectivity index (χ1v) is 8.99. The lowest BCUT2D eigenvalue weighted by molar-refractivity contribution is -0.120. The second-order valence-corrected chi connectivity index (χ2v) is 6.71. The summed E-state index contributed by atoms with van der Waals surface area (Å²) < 4.78 is 0. The zero-order chi connectivity index (χ0) is 16.8. The van der Waals surface area contributed by atoms with Crippen LogP contribution in [0.15, 0.2) is 24.3 Å². The molecule has 1 saturated heterocycles. The number of hydrogen-bond acceptors (Lipinski definition) is 3. The van der Waals surface area contributed by atoms with Gasteiger partial charge < -0.3 is 20.5 Å². The number of aromatic nitrogens is 1. The lowest BCUT2D eigenvalue weighted by Gasteiger charge is -2.14. The maximum Gasteiger partial charge on any atom is 0.233 e. The molecule has 0 aliphatic carbocycles. The van der Waals surface area contributed by atoms with E-state index in [4.69, 9.17) is 0 Å². The number of carbonyl (C=O) groups is 1. The highest BCUT2D eigenvalue weighted by Gasteiger charge is 2.10. The van der Waals surface area contributed by atoms with E-state index in [1.165, 1.54) is 36.9 Å². The summed E-state index contributed by atoms with van der Waals surface area (Å²) >= 11 is 0. The number of likely N-dealkylation sites (tertiary alicyclic amines) is 1. The smallest absolute Gasteiger partial charge is 0.233 e. The van der Waals surface area contributed by atoms with Gasteiger partial charge in [0.05, 0.1) is 6.54 Å². The molecule has 2 aromatic rings. The van der Waals surface area contributed by atoms with Crippen LogP contribution in [-0.4, -0.2) is 55.1 Å². The fourth-order valence-electron chi connectivity index (χ4n) is 3.29. The Kier molecular flexibility index (Phi) is 5.88. The third-order valence-corrected chi connectivity index (χ3v) is 4.64. The van der Waals surface area contributed by atoms with Gasteiger partial charge in [-0.3, -0.25) is 4.79 Å². The van der Waals surface area contributed by atoms with E-state index in [9.17, 15) is 4.79 Å². The second kappa shape index (κ2) is 8.31. The first kappa shape index (κ1) is 17.0. The summed E-state index contributed by atoms with van der Waals surface area (Å²) in [5.41, 5.74) is 3.59. The third kappa shape index (κ3) is 4.82. The van der Waals surface area contributed by atoms with E-state index in [-0.39, 0.29) is 5.91 Å². The number of nitrogens with one attached hydrogen (secondary N) is 3. The molecule has 0 spiro atoms. The Balaban J connectivity index is 1.32. The molecule has 130 valence electrons. The van der Waals surface area contributed by atoms with Crippen molar-refractivity contribution in [3.8, 4) is 0 Å². The molecule has 0 saturated carbocycles. The van der Waals surface area contributed by atoms with Crippen LogP contribution in [0.25, 0.3) is 10.9 Å². The van der Waals surface area contributed by atoms with E-state index >= 15 is 0 Å². The van der Waals surface area contributed by atoms with Gasteiger partial charge in [-0.2, -0.15) is 0 Å². The van der Waals surface area contributed by atoms with Crippen LogP contribution in [-0.2, 0) is 11.2 Å². The van der Waals surface area contributed by atoms with Crippen molar-refractivity contribution in [2.24, 2.45) is 0 Å². The van der Waals surface area contributed by atoms with E-state index in [0.29, 0.717) is 13.1 Å². The van der Waals surface area contributed by atoms with Crippen molar-refractivity contribution in [2.75, 3.05) is 39.3 Å². The van der Waals surface area contributed by atoms with Crippen molar-refractivity contribution in [3.05, 3.63) is 35.5 Å².